The molecule has 6 rings (SSSR count). The Morgan fingerprint density at radius 3 is 2.71 bits per heavy atom. The molecular formula is C25H32N7O2P. The summed E-state index contributed by atoms with van der Waals surface area (Å²) in [5.74, 6) is 2.40. The number of aromatic amines is 1. The summed E-state index contributed by atoms with van der Waals surface area (Å²) < 4.78 is 5.71. The van der Waals surface area contributed by atoms with Crippen molar-refractivity contribution in [3.05, 3.63) is 30.0 Å². The van der Waals surface area contributed by atoms with Crippen LogP contribution in [0.4, 0.5) is 17.5 Å². The van der Waals surface area contributed by atoms with Gasteiger partial charge in [-0.3, -0.25) is 0 Å². The summed E-state index contributed by atoms with van der Waals surface area (Å²) >= 11 is 0. The van der Waals surface area contributed by atoms with E-state index in [9.17, 15) is 10.2 Å². The molecule has 0 spiro atoms. The van der Waals surface area contributed by atoms with Gasteiger partial charge in [0, 0.05) is 0 Å². The summed E-state index contributed by atoms with van der Waals surface area (Å²) in [5.41, 5.74) is 1.87. The normalized spacial score (nSPS) is 20.8. The molecule has 1 saturated heterocycles. The van der Waals surface area contributed by atoms with Crippen LogP contribution in [0.25, 0.3) is 11.0 Å². The number of hydrogen-bond donors (Lipinski definition) is 4. The van der Waals surface area contributed by atoms with E-state index in [-0.39, 0.29) is 0 Å². The van der Waals surface area contributed by atoms with Crippen LogP contribution in [0.3, 0.4) is 0 Å². The van der Waals surface area contributed by atoms with Gasteiger partial charge in [-0.1, -0.05) is 0 Å². The van der Waals surface area contributed by atoms with Crippen LogP contribution in [-0.2, 0) is 0 Å². The summed E-state index contributed by atoms with van der Waals surface area (Å²) in [7, 11) is -0.883. The maximum atomic E-state index is 11.5. The Morgan fingerprint density at radius 1 is 1.23 bits per heavy atom. The van der Waals surface area contributed by atoms with E-state index in [0.29, 0.717) is 40.0 Å². The average Bonchev–Trinajstić information content (AvgIpc) is 3.81. The minimum atomic E-state index is -2.52. The fourth-order valence-corrected chi connectivity index (χ4v) is 7.99. The monoisotopic (exact) mass is 493 g/mol. The standard InChI is InChI=1S/C25H32N7O2P/c1-34-21-12-19(35(33)10-8-32(9-11-35)18-4-5-18)6-7-20(21)29-25-30-23(27-14-16-2-3-16)22-17(13-26)15-28-24(22)31-25/h6-7,12,15-16,18,33,35H,2-5,8-11,14H2,1H3,(H3,27,28,29,30,31). The molecule has 35 heavy (non-hydrogen) atoms. The molecule has 1 aromatic carbocycles. The van der Waals surface area contributed by atoms with E-state index in [1.807, 2.05) is 18.2 Å². The molecule has 10 heteroatoms. The van der Waals surface area contributed by atoms with Gasteiger partial charge in [0.05, 0.1) is 0 Å². The molecule has 184 valence electrons. The third-order valence-corrected chi connectivity index (χ3v) is 11.1. The second-order valence-electron chi connectivity index (χ2n) is 10.1. The number of fused-ring (bicyclic) bond motifs is 1. The summed E-state index contributed by atoms with van der Waals surface area (Å²) in [6, 6.07) is 8.93. The SMILES string of the molecule is COc1cc([PH]2(O)CCN(C3CC3)CC2)ccc1Nc1nc(NCC2CC2)c2c(C#N)c[nH]c2n1. The molecule has 3 aliphatic rings. The minimum absolute atomic E-state index is 0.418. The van der Waals surface area contributed by atoms with Crippen LogP contribution in [0.15, 0.2) is 24.4 Å². The molecule has 0 atom stereocenters. The Bertz CT molecular complexity index is 1290. The van der Waals surface area contributed by atoms with E-state index < -0.39 is 7.49 Å². The second-order valence-corrected chi connectivity index (χ2v) is 13.7. The molecule has 3 fully saturated rings. The Balaban J connectivity index is 1.26. The molecule has 9 nitrogen and oxygen atoms in total. The van der Waals surface area contributed by atoms with E-state index in [1.165, 1.54) is 25.7 Å². The summed E-state index contributed by atoms with van der Waals surface area (Å²) in [6.07, 6.45) is 8.46. The van der Waals surface area contributed by atoms with Crippen molar-refractivity contribution in [3.63, 3.8) is 0 Å². The van der Waals surface area contributed by atoms with Gasteiger partial charge < -0.3 is 0 Å². The van der Waals surface area contributed by atoms with Crippen molar-refractivity contribution >= 4 is 41.3 Å². The number of aromatic nitrogens is 3. The number of anilines is 3. The van der Waals surface area contributed by atoms with Crippen LogP contribution < -0.4 is 20.7 Å². The number of methoxy groups -OCH3 is 1. The first-order chi connectivity index (χ1) is 17.1. The molecule has 0 bridgehead atoms. The fourth-order valence-electron chi connectivity index (χ4n) is 5.06. The van der Waals surface area contributed by atoms with Gasteiger partial charge >= 0.3 is 205 Å². The number of H-pyrrole nitrogens is 1. The average molecular weight is 494 g/mol. The molecule has 3 aromatic rings. The van der Waals surface area contributed by atoms with Gasteiger partial charge in [-0.15, -0.1) is 0 Å². The first-order valence-electron chi connectivity index (χ1n) is 12.5. The molecular weight excluding hydrogens is 461 g/mol. The number of hydrogen-bond acceptors (Lipinski definition) is 8. The Hall–Kier alpha value is -2.92. The number of nitrogens with zero attached hydrogens (tertiary/aromatic N) is 4. The summed E-state index contributed by atoms with van der Waals surface area (Å²) in [5, 5.41) is 17.9. The second kappa shape index (κ2) is 8.94. The predicted octanol–water partition coefficient (Wildman–Crippen LogP) is 3.16. The van der Waals surface area contributed by atoms with Crippen LogP contribution in [0, 0.1) is 17.2 Å². The van der Waals surface area contributed by atoms with Gasteiger partial charge in [0.2, 0.25) is 0 Å². The van der Waals surface area contributed by atoms with Gasteiger partial charge in [0.1, 0.15) is 0 Å². The van der Waals surface area contributed by atoms with Crippen LogP contribution in [0.2, 0.25) is 0 Å². The molecule has 0 unspecified atom stereocenters. The number of rotatable bonds is 8. The van der Waals surface area contributed by atoms with Crippen molar-refractivity contribution in [2.45, 2.75) is 31.7 Å². The van der Waals surface area contributed by atoms with Crippen LogP contribution >= 0.6 is 7.49 Å². The third-order valence-electron chi connectivity index (χ3n) is 7.58. The molecule has 0 amide bonds. The maximum absolute atomic E-state index is 11.5. The number of benzene rings is 1. The number of nitrogens with one attached hydrogen (secondary N) is 3. The zero-order valence-electron chi connectivity index (χ0n) is 20.0. The fraction of sp³-hybridized carbons (Fsp3) is 0.480. The van der Waals surface area contributed by atoms with Gasteiger partial charge in [-0.2, -0.15) is 0 Å². The van der Waals surface area contributed by atoms with Crippen molar-refractivity contribution in [3.8, 4) is 11.8 Å². The number of nitriles is 1. The molecule has 1 aliphatic heterocycles. The zero-order valence-corrected chi connectivity index (χ0v) is 21.0. The van der Waals surface area contributed by atoms with Crippen LogP contribution in [-0.4, -0.2) is 69.9 Å². The summed E-state index contributed by atoms with van der Waals surface area (Å²) in [6.45, 7) is 2.81. The van der Waals surface area contributed by atoms with Crippen LogP contribution in [0.5, 0.6) is 5.75 Å². The van der Waals surface area contributed by atoms with E-state index in [4.69, 9.17) is 9.72 Å². The first-order valence-corrected chi connectivity index (χ1v) is 14.9. The molecule has 0 radical (unpaired) electrons. The van der Waals surface area contributed by atoms with Crippen molar-refractivity contribution in [2.24, 2.45) is 5.92 Å². The first kappa shape index (κ1) is 22.5. The van der Waals surface area contributed by atoms with Crippen LogP contribution in [0.1, 0.15) is 31.2 Å². The van der Waals surface area contributed by atoms with Gasteiger partial charge in [0.25, 0.3) is 0 Å². The Morgan fingerprint density at radius 2 is 2.03 bits per heavy atom. The van der Waals surface area contributed by atoms with Crippen molar-refractivity contribution in [1.82, 2.24) is 19.9 Å². The third kappa shape index (κ3) is 4.54. The van der Waals surface area contributed by atoms with Crippen molar-refractivity contribution < 1.29 is 9.63 Å². The van der Waals surface area contributed by atoms with E-state index in [2.05, 4.69) is 31.6 Å². The topological polar surface area (TPSA) is 122 Å². The molecule has 2 aromatic heterocycles. The van der Waals surface area contributed by atoms with E-state index in [1.54, 1.807) is 13.3 Å². The predicted molar refractivity (Wildman–Crippen MR) is 141 cm³/mol. The Labute approximate surface area is 205 Å². The zero-order chi connectivity index (χ0) is 24.0. The molecule has 2 saturated carbocycles. The molecule has 4 N–H and O–H groups in total. The molecule has 3 heterocycles. The van der Waals surface area contributed by atoms with Crippen molar-refractivity contribution in [1.29, 1.82) is 5.26 Å². The van der Waals surface area contributed by atoms with Gasteiger partial charge in [-0.05, 0) is 0 Å². The van der Waals surface area contributed by atoms with E-state index in [0.717, 1.165) is 49.0 Å². The van der Waals surface area contributed by atoms with Crippen molar-refractivity contribution in [2.75, 3.05) is 49.7 Å². The Kier molecular flexibility index (Phi) is 5.76. The summed E-state index contributed by atoms with van der Waals surface area (Å²) in [4.78, 5) is 26.5. The molecule has 2 aliphatic carbocycles. The quantitative estimate of drug-likeness (QED) is 0.353. The van der Waals surface area contributed by atoms with E-state index >= 15 is 0 Å². The number of ether oxygens (including phenoxy) is 1. The van der Waals surface area contributed by atoms with Gasteiger partial charge in [-0.25, -0.2) is 0 Å². The van der Waals surface area contributed by atoms with Gasteiger partial charge in [0.15, 0.2) is 0 Å².